The van der Waals surface area contributed by atoms with Gasteiger partial charge in [-0.15, -0.1) is 0 Å². The molecular formula is C20H15N7O2. The highest BCUT2D eigenvalue weighted by molar-refractivity contribution is 5.98. The van der Waals surface area contributed by atoms with Crippen molar-refractivity contribution in [3.05, 3.63) is 67.4 Å². The topological polar surface area (TPSA) is 110 Å². The lowest BCUT2D eigenvalue weighted by Gasteiger charge is -2.10. The minimum atomic E-state index is -0.329. The molecule has 0 saturated carbocycles. The lowest BCUT2D eigenvalue weighted by molar-refractivity contribution is -0.111. The van der Waals surface area contributed by atoms with Gasteiger partial charge in [0.05, 0.1) is 24.3 Å². The Balaban J connectivity index is 1.73. The van der Waals surface area contributed by atoms with Gasteiger partial charge in [-0.1, -0.05) is 6.58 Å². The molecule has 4 aromatic rings. The lowest BCUT2D eigenvalue weighted by Crippen LogP contribution is -2.07. The quantitative estimate of drug-likeness (QED) is 0.529. The zero-order chi connectivity index (χ0) is 20.4. The molecule has 9 nitrogen and oxygen atoms in total. The van der Waals surface area contributed by atoms with Gasteiger partial charge in [0.25, 0.3) is 0 Å². The Morgan fingerprint density at radius 3 is 2.76 bits per heavy atom. The summed E-state index contributed by atoms with van der Waals surface area (Å²) in [5, 5.41) is 20.5. The number of hydrogen-bond donors (Lipinski definition) is 1. The molecule has 9 heteroatoms. The second kappa shape index (κ2) is 7.28. The number of carbonyl (C=O) groups excluding carboxylic acids is 1. The molecule has 4 rings (SSSR count). The summed E-state index contributed by atoms with van der Waals surface area (Å²) in [5.41, 5.74) is 3.13. The first-order valence-corrected chi connectivity index (χ1v) is 8.55. The van der Waals surface area contributed by atoms with Gasteiger partial charge < -0.3 is 10.1 Å². The standard InChI is InChI=1S/C20H15N7O2/c1-3-18(28)25-16-4-5-19(22-10-16)29-17-6-13(15-9-23-26(2)11-15)12-27-20(17)14(7-21)8-24-27/h3-6,8-12H,1H2,2H3,(H,25,28). The maximum Gasteiger partial charge on any atom is 0.247 e. The summed E-state index contributed by atoms with van der Waals surface area (Å²) >= 11 is 0. The average molecular weight is 385 g/mol. The minimum Gasteiger partial charge on any atom is -0.437 e. The van der Waals surface area contributed by atoms with E-state index in [-0.39, 0.29) is 5.91 Å². The number of anilines is 1. The highest BCUT2D eigenvalue weighted by Gasteiger charge is 2.15. The van der Waals surface area contributed by atoms with E-state index < -0.39 is 0 Å². The molecule has 0 spiro atoms. The highest BCUT2D eigenvalue weighted by atomic mass is 16.5. The molecule has 0 atom stereocenters. The van der Waals surface area contributed by atoms with Gasteiger partial charge in [0, 0.05) is 36.6 Å². The molecule has 1 amide bonds. The summed E-state index contributed by atoms with van der Waals surface area (Å²) in [4.78, 5) is 15.6. The fourth-order valence-electron chi connectivity index (χ4n) is 2.79. The zero-order valence-corrected chi connectivity index (χ0v) is 15.4. The van der Waals surface area contributed by atoms with E-state index in [1.54, 1.807) is 33.7 Å². The third kappa shape index (κ3) is 3.54. The fraction of sp³-hybridized carbons (Fsp3) is 0.0500. The van der Waals surface area contributed by atoms with Crippen LogP contribution in [0.2, 0.25) is 0 Å². The fourth-order valence-corrected chi connectivity index (χ4v) is 2.79. The van der Waals surface area contributed by atoms with Gasteiger partial charge in [-0.3, -0.25) is 9.48 Å². The van der Waals surface area contributed by atoms with Crippen LogP contribution in [0.4, 0.5) is 5.69 Å². The predicted molar refractivity (Wildman–Crippen MR) is 105 cm³/mol. The van der Waals surface area contributed by atoms with Gasteiger partial charge in [-0.2, -0.15) is 15.5 Å². The molecule has 29 heavy (non-hydrogen) atoms. The number of nitrogens with one attached hydrogen (secondary N) is 1. The van der Waals surface area contributed by atoms with E-state index in [1.165, 1.54) is 18.5 Å². The van der Waals surface area contributed by atoms with Crippen molar-refractivity contribution in [2.45, 2.75) is 0 Å². The summed E-state index contributed by atoms with van der Waals surface area (Å²) in [6.45, 7) is 3.41. The number of fused-ring (bicyclic) bond motifs is 1. The van der Waals surface area contributed by atoms with Crippen molar-refractivity contribution in [1.29, 1.82) is 5.26 Å². The van der Waals surface area contributed by atoms with E-state index in [0.29, 0.717) is 28.4 Å². The molecule has 0 radical (unpaired) electrons. The highest BCUT2D eigenvalue weighted by Crippen LogP contribution is 2.32. The van der Waals surface area contributed by atoms with Crippen LogP contribution in [-0.4, -0.2) is 30.3 Å². The Kier molecular flexibility index (Phi) is 4.50. The largest absolute Gasteiger partial charge is 0.437 e. The first-order valence-electron chi connectivity index (χ1n) is 8.55. The van der Waals surface area contributed by atoms with Crippen molar-refractivity contribution in [2.75, 3.05) is 5.32 Å². The summed E-state index contributed by atoms with van der Waals surface area (Å²) in [5.74, 6) is 0.400. The number of carbonyl (C=O) groups is 1. The first kappa shape index (κ1) is 17.9. The average Bonchev–Trinajstić information content (AvgIpc) is 3.35. The normalized spacial score (nSPS) is 10.5. The van der Waals surface area contributed by atoms with E-state index in [4.69, 9.17) is 4.74 Å². The molecule has 0 unspecified atom stereocenters. The van der Waals surface area contributed by atoms with Gasteiger partial charge >= 0.3 is 0 Å². The summed E-state index contributed by atoms with van der Waals surface area (Å²) in [7, 11) is 1.83. The zero-order valence-electron chi connectivity index (χ0n) is 15.4. The van der Waals surface area contributed by atoms with Crippen molar-refractivity contribution in [3.8, 4) is 28.8 Å². The summed E-state index contributed by atoms with van der Waals surface area (Å²) in [6.07, 6.45) is 9.54. The van der Waals surface area contributed by atoms with Crippen LogP contribution in [0, 0.1) is 11.3 Å². The second-order valence-corrected chi connectivity index (χ2v) is 6.14. The number of nitriles is 1. The monoisotopic (exact) mass is 385 g/mol. The molecule has 0 aromatic carbocycles. The van der Waals surface area contributed by atoms with Crippen LogP contribution in [0.1, 0.15) is 5.56 Å². The number of nitrogens with zero attached hydrogens (tertiary/aromatic N) is 6. The van der Waals surface area contributed by atoms with Crippen LogP contribution in [0.5, 0.6) is 11.6 Å². The molecule has 0 aliphatic rings. The molecule has 0 fully saturated rings. The molecular weight excluding hydrogens is 370 g/mol. The van der Waals surface area contributed by atoms with Crippen LogP contribution in [0.3, 0.4) is 0 Å². The van der Waals surface area contributed by atoms with Crippen molar-refractivity contribution in [3.63, 3.8) is 0 Å². The van der Waals surface area contributed by atoms with E-state index in [2.05, 4.69) is 33.1 Å². The molecule has 4 aromatic heterocycles. The smallest absolute Gasteiger partial charge is 0.247 e. The van der Waals surface area contributed by atoms with Crippen molar-refractivity contribution < 1.29 is 9.53 Å². The first-order chi connectivity index (χ1) is 14.1. The summed E-state index contributed by atoms with van der Waals surface area (Å²) in [6, 6.07) is 7.21. The van der Waals surface area contributed by atoms with Crippen LogP contribution in [-0.2, 0) is 11.8 Å². The number of aromatic nitrogens is 5. The number of pyridine rings is 2. The number of aryl methyl sites for hydroxylation is 1. The molecule has 142 valence electrons. The number of ether oxygens (including phenoxy) is 1. The molecule has 0 bridgehead atoms. The molecule has 0 saturated heterocycles. The van der Waals surface area contributed by atoms with Crippen molar-refractivity contribution >= 4 is 17.1 Å². The Bertz CT molecular complexity index is 1260. The van der Waals surface area contributed by atoms with Crippen LogP contribution in [0.25, 0.3) is 16.6 Å². The second-order valence-electron chi connectivity index (χ2n) is 6.14. The maximum atomic E-state index is 11.4. The Hall–Kier alpha value is -4.45. The SMILES string of the molecule is C=CC(=O)Nc1ccc(Oc2cc(-c3cnn(C)c3)cn3ncc(C#N)c23)nc1. The van der Waals surface area contributed by atoms with Crippen LogP contribution < -0.4 is 10.1 Å². The van der Waals surface area contributed by atoms with Crippen LogP contribution in [0.15, 0.2) is 61.8 Å². The summed E-state index contributed by atoms with van der Waals surface area (Å²) < 4.78 is 9.25. The van der Waals surface area contributed by atoms with Crippen molar-refractivity contribution in [1.82, 2.24) is 24.4 Å². The van der Waals surface area contributed by atoms with E-state index in [0.717, 1.165) is 11.1 Å². The third-order valence-corrected chi connectivity index (χ3v) is 4.14. The minimum absolute atomic E-state index is 0.303. The Morgan fingerprint density at radius 1 is 1.24 bits per heavy atom. The molecule has 1 N–H and O–H groups in total. The molecule has 0 aliphatic carbocycles. The molecule has 0 aliphatic heterocycles. The lowest BCUT2D eigenvalue weighted by atomic mass is 10.1. The number of amides is 1. The molecule has 4 heterocycles. The van der Waals surface area contributed by atoms with Gasteiger partial charge in [0.1, 0.15) is 17.1 Å². The van der Waals surface area contributed by atoms with Crippen LogP contribution >= 0.6 is 0 Å². The van der Waals surface area contributed by atoms with Gasteiger partial charge in [-0.05, 0) is 18.2 Å². The maximum absolute atomic E-state index is 11.4. The van der Waals surface area contributed by atoms with E-state index in [9.17, 15) is 10.1 Å². The van der Waals surface area contributed by atoms with Gasteiger partial charge in [-0.25, -0.2) is 9.50 Å². The van der Waals surface area contributed by atoms with Gasteiger partial charge in [0.2, 0.25) is 11.8 Å². The van der Waals surface area contributed by atoms with Crippen molar-refractivity contribution in [2.24, 2.45) is 7.05 Å². The Morgan fingerprint density at radius 2 is 2.10 bits per heavy atom. The van der Waals surface area contributed by atoms with Gasteiger partial charge in [0.15, 0.2) is 5.75 Å². The predicted octanol–water partition coefficient (Wildman–Crippen LogP) is 2.92. The number of hydrogen-bond acceptors (Lipinski definition) is 6. The van der Waals surface area contributed by atoms with E-state index >= 15 is 0 Å². The third-order valence-electron chi connectivity index (χ3n) is 4.14. The Labute approximate surface area is 165 Å². The number of rotatable bonds is 5. The van der Waals surface area contributed by atoms with E-state index in [1.807, 2.05) is 19.3 Å².